The van der Waals surface area contributed by atoms with E-state index in [1.165, 1.54) is 6.20 Å². The second-order valence-corrected chi connectivity index (χ2v) is 2.01. The fourth-order valence-corrected chi connectivity index (χ4v) is 0.688. The highest BCUT2D eigenvalue weighted by molar-refractivity contribution is 5.53. The molecule has 0 saturated carbocycles. The summed E-state index contributed by atoms with van der Waals surface area (Å²) in [6, 6.07) is 1.69. The Morgan fingerprint density at radius 2 is 2.40 bits per heavy atom. The molecule has 10 heavy (non-hydrogen) atoms. The van der Waals surface area contributed by atoms with Crippen LogP contribution in [-0.2, 0) is 0 Å². The Kier molecular flexibility index (Phi) is 1.55. The molecule has 1 heterocycles. The normalized spacial score (nSPS) is 8.80. The van der Waals surface area contributed by atoms with Gasteiger partial charge >= 0.3 is 0 Å². The minimum absolute atomic E-state index is 0.463. The molecule has 0 spiro atoms. The Balaban J connectivity index is 3.23. The number of anilines is 1. The first kappa shape index (κ1) is 6.56. The summed E-state index contributed by atoms with van der Waals surface area (Å²) >= 11 is 0. The first-order valence-corrected chi connectivity index (χ1v) is 2.83. The quantitative estimate of drug-likeness (QED) is 0.545. The van der Waals surface area contributed by atoms with Gasteiger partial charge in [0.25, 0.3) is 0 Å². The van der Waals surface area contributed by atoms with Crippen molar-refractivity contribution in [2.75, 3.05) is 5.73 Å². The van der Waals surface area contributed by atoms with Gasteiger partial charge in [-0.25, -0.2) is 4.85 Å². The number of aromatic nitrogens is 1. The molecule has 0 unspecified atom stereocenters. The van der Waals surface area contributed by atoms with E-state index in [9.17, 15) is 0 Å². The van der Waals surface area contributed by atoms with Crippen molar-refractivity contribution in [2.24, 2.45) is 0 Å². The van der Waals surface area contributed by atoms with Crippen LogP contribution in [0.3, 0.4) is 0 Å². The van der Waals surface area contributed by atoms with Crippen LogP contribution in [0.5, 0.6) is 0 Å². The molecule has 0 amide bonds. The summed E-state index contributed by atoms with van der Waals surface area (Å²) in [6.45, 7) is 8.54. The molecule has 3 nitrogen and oxygen atoms in total. The van der Waals surface area contributed by atoms with Crippen LogP contribution in [0, 0.1) is 13.5 Å². The number of nitrogens with zero attached hydrogens (tertiary/aromatic N) is 2. The number of aryl methyl sites for hydroxylation is 1. The number of hydrogen-bond acceptors (Lipinski definition) is 2. The Labute approximate surface area is 59.3 Å². The molecule has 1 aromatic heterocycles. The molecule has 3 heteroatoms. The lowest BCUT2D eigenvalue weighted by atomic mass is 10.2. The Bertz CT molecular complexity index is 285. The van der Waals surface area contributed by atoms with E-state index in [2.05, 4.69) is 9.83 Å². The highest BCUT2D eigenvalue weighted by Gasteiger charge is 1.96. The van der Waals surface area contributed by atoms with E-state index in [1.54, 1.807) is 6.07 Å². The van der Waals surface area contributed by atoms with Crippen LogP contribution in [0.1, 0.15) is 5.56 Å². The molecule has 50 valence electrons. The Hall–Kier alpha value is -1.56. The summed E-state index contributed by atoms with van der Waals surface area (Å²) < 4.78 is 0. The largest absolute Gasteiger partial charge is 0.384 e. The van der Waals surface area contributed by atoms with Crippen molar-refractivity contribution in [3.8, 4) is 0 Å². The summed E-state index contributed by atoms with van der Waals surface area (Å²) in [5.74, 6) is 0.463. The van der Waals surface area contributed by atoms with Gasteiger partial charge in [-0.05, 0) is 18.6 Å². The number of nitrogens with two attached hydrogens (primary N) is 1. The van der Waals surface area contributed by atoms with Crippen LogP contribution in [0.2, 0.25) is 0 Å². The van der Waals surface area contributed by atoms with Gasteiger partial charge in [0.1, 0.15) is 5.82 Å². The van der Waals surface area contributed by atoms with Gasteiger partial charge in [0.2, 0.25) is 5.69 Å². The second-order valence-electron chi connectivity index (χ2n) is 2.01. The van der Waals surface area contributed by atoms with Crippen LogP contribution in [0.25, 0.3) is 4.85 Å². The maximum Gasteiger partial charge on any atom is 0.208 e. The van der Waals surface area contributed by atoms with Gasteiger partial charge in [-0.1, -0.05) is 0 Å². The van der Waals surface area contributed by atoms with Crippen LogP contribution in [0.4, 0.5) is 11.5 Å². The summed E-state index contributed by atoms with van der Waals surface area (Å²) in [4.78, 5) is 7.02. The molecule has 0 bridgehead atoms. The van der Waals surface area contributed by atoms with Crippen molar-refractivity contribution >= 4 is 11.5 Å². The zero-order chi connectivity index (χ0) is 7.56. The van der Waals surface area contributed by atoms with Crippen molar-refractivity contribution in [2.45, 2.75) is 6.92 Å². The average molecular weight is 133 g/mol. The zero-order valence-corrected chi connectivity index (χ0v) is 5.63. The van der Waals surface area contributed by atoms with E-state index in [0.717, 1.165) is 5.56 Å². The maximum absolute atomic E-state index is 6.70. The number of rotatable bonds is 0. The monoisotopic (exact) mass is 133 g/mol. The molecule has 0 radical (unpaired) electrons. The minimum Gasteiger partial charge on any atom is -0.384 e. The van der Waals surface area contributed by atoms with Gasteiger partial charge < -0.3 is 5.73 Å². The summed E-state index contributed by atoms with van der Waals surface area (Å²) in [5.41, 5.74) is 6.81. The van der Waals surface area contributed by atoms with E-state index < -0.39 is 0 Å². The highest BCUT2D eigenvalue weighted by Crippen LogP contribution is 2.17. The first-order chi connectivity index (χ1) is 4.74. The fourth-order valence-electron chi connectivity index (χ4n) is 0.688. The third-order valence-electron chi connectivity index (χ3n) is 1.22. The van der Waals surface area contributed by atoms with Gasteiger partial charge in [-0.3, -0.25) is 4.98 Å². The number of nitrogen functional groups attached to an aromatic ring is 1. The maximum atomic E-state index is 6.70. The van der Waals surface area contributed by atoms with Crippen molar-refractivity contribution < 1.29 is 0 Å². The van der Waals surface area contributed by atoms with Crippen LogP contribution in [0.15, 0.2) is 12.3 Å². The molecule has 1 rings (SSSR count). The molecule has 2 N–H and O–H groups in total. The first-order valence-electron chi connectivity index (χ1n) is 2.83. The molecule has 0 fully saturated rings. The predicted octanol–water partition coefficient (Wildman–Crippen LogP) is 1.52. The smallest absolute Gasteiger partial charge is 0.208 e. The third kappa shape index (κ3) is 1.06. The van der Waals surface area contributed by atoms with Gasteiger partial charge in [0.15, 0.2) is 0 Å². The molecule has 0 aliphatic carbocycles. The zero-order valence-electron chi connectivity index (χ0n) is 5.63. The summed E-state index contributed by atoms with van der Waals surface area (Å²) in [5, 5.41) is 0. The lowest BCUT2D eigenvalue weighted by molar-refractivity contribution is 1.31. The van der Waals surface area contributed by atoms with Crippen molar-refractivity contribution in [3.05, 3.63) is 29.2 Å². The Morgan fingerprint density at radius 3 is 2.90 bits per heavy atom. The SMILES string of the molecule is [C-]#[N+]c1cnc(N)cc1C. The van der Waals surface area contributed by atoms with Gasteiger partial charge in [-0.2, -0.15) is 0 Å². The van der Waals surface area contributed by atoms with Crippen LogP contribution < -0.4 is 5.73 Å². The molecular weight excluding hydrogens is 126 g/mol. The van der Waals surface area contributed by atoms with E-state index in [1.807, 2.05) is 6.92 Å². The van der Waals surface area contributed by atoms with E-state index in [0.29, 0.717) is 11.5 Å². The topological polar surface area (TPSA) is 43.3 Å². The number of hydrogen-bond donors (Lipinski definition) is 1. The fraction of sp³-hybridized carbons (Fsp3) is 0.143. The minimum atomic E-state index is 0.463. The van der Waals surface area contributed by atoms with Gasteiger partial charge in [0.05, 0.1) is 6.57 Å². The third-order valence-corrected chi connectivity index (χ3v) is 1.22. The molecule has 0 aromatic carbocycles. The van der Waals surface area contributed by atoms with E-state index in [4.69, 9.17) is 12.3 Å². The van der Waals surface area contributed by atoms with Crippen molar-refractivity contribution in [3.63, 3.8) is 0 Å². The highest BCUT2D eigenvalue weighted by atomic mass is 14.8. The molecular formula is C7H7N3. The summed E-state index contributed by atoms with van der Waals surface area (Å²) in [6.07, 6.45) is 1.48. The molecule has 0 aliphatic rings. The van der Waals surface area contributed by atoms with E-state index in [-0.39, 0.29) is 0 Å². The van der Waals surface area contributed by atoms with Gasteiger partial charge in [0, 0.05) is 6.20 Å². The summed E-state index contributed by atoms with van der Waals surface area (Å²) in [7, 11) is 0. The average Bonchev–Trinajstić information content (AvgIpc) is 1.88. The van der Waals surface area contributed by atoms with Crippen molar-refractivity contribution in [1.82, 2.24) is 4.98 Å². The predicted molar refractivity (Wildman–Crippen MR) is 39.6 cm³/mol. The van der Waals surface area contributed by atoms with Crippen LogP contribution >= 0.6 is 0 Å². The molecule has 1 aromatic rings. The standard InChI is InChI=1S/C7H7N3/c1-5-3-7(8)10-4-6(5)9-2/h3-4H,1H3,(H2,8,10). The Morgan fingerprint density at radius 1 is 1.70 bits per heavy atom. The van der Waals surface area contributed by atoms with E-state index >= 15 is 0 Å². The van der Waals surface area contributed by atoms with Crippen molar-refractivity contribution in [1.29, 1.82) is 0 Å². The van der Waals surface area contributed by atoms with Crippen LogP contribution in [-0.4, -0.2) is 4.98 Å². The molecule has 0 aliphatic heterocycles. The lowest BCUT2D eigenvalue weighted by Gasteiger charge is -1.95. The van der Waals surface area contributed by atoms with Gasteiger partial charge in [-0.15, -0.1) is 0 Å². The molecule has 0 atom stereocenters. The number of pyridine rings is 1. The molecule has 0 saturated heterocycles. The lowest BCUT2D eigenvalue weighted by Crippen LogP contribution is -1.88. The second kappa shape index (κ2) is 2.36.